The Morgan fingerprint density at radius 1 is 1.10 bits per heavy atom. The first-order valence-electron chi connectivity index (χ1n) is 9.19. The monoisotopic (exact) mass is 427 g/mol. The fourth-order valence-corrected chi connectivity index (χ4v) is 4.21. The molecule has 0 aliphatic heterocycles. The van der Waals surface area contributed by atoms with Gasteiger partial charge in [0.15, 0.2) is 0 Å². The van der Waals surface area contributed by atoms with Crippen molar-refractivity contribution >= 4 is 38.4 Å². The van der Waals surface area contributed by atoms with E-state index in [1.807, 2.05) is 0 Å². The van der Waals surface area contributed by atoms with Crippen molar-refractivity contribution in [1.29, 1.82) is 0 Å². The number of ether oxygens (including phenoxy) is 1. The molecule has 1 aromatic heterocycles. The van der Waals surface area contributed by atoms with E-state index in [0.29, 0.717) is 22.0 Å². The summed E-state index contributed by atoms with van der Waals surface area (Å²) < 4.78 is 31.9. The summed E-state index contributed by atoms with van der Waals surface area (Å²) in [5, 5.41) is 3.85. The van der Waals surface area contributed by atoms with Gasteiger partial charge in [0.05, 0.1) is 23.6 Å². The fourth-order valence-electron chi connectivity index (χ4n) is 2.88. The Labute approximate surface area is 174 Å². The van der Waals surface area contributed by atoms with Gasteiger partial charge in [0.25, 0.3) is 0 Å². The van der Waals surface area contributed by atoms with Crippen molar-refractivity contribution in [1.82, 2.24) is 9.29 Å². The van der Waals surface area contributed by atoms with E-state index in [0.717, 1.165) is 4.31 Å². The van der Waals surface area contributed by atoms with Gasteiger partial charge in [-0.05, 0) is 43.3 Å². The number of nitrogens with one attached hydrogen (secondary N) is 1. The van der Waals surface area contributed by atoms with E-state index in [1.54, 1.807) is 43.5 Å². The minimum atomic E-state index is -3.89. The van der Waals surface area contributed by atoms with Crippen molar-refractivity contribution < 1.29 is 22.7 Å². The van der Waals surface area contributed by atoms with Crippen molar-refractivity contribution in [3.8, 4) is 0 Å². The number of rotatable bonds is 7. The molecule has 2 aromatic carbocycles. The molecule has 0 aliphatic rings. The Kier molecular flexibility index (Phi) is 6.43. The van der Waals surface area contributed by atoms with Crippen LogP contribution in [0.5, 0.6) is 0 Å². The van der Waals surface area contributed by atoms with Crippen molar-refractivity contribution in [2.75, 3.05) is 25.5 Å². The highest BCUT2D eigenvalue weighted by Crippen LogP contribution is 2.24. The maximum Gasteiger partial charge on any atom is 0.338 e. The molecule has 1 N–H and O–H groups in total. The van der Waals surface area contributed by atoms with Gasteiger partial charge in [-0.1, -0.05) is 12.1 Å². The average molecular weight is 427 g/mol. The van der Waals surface area contributed by atoms with Gasteiger partial charge in [-0.3, -0.25) is 9.78 Å². The lowest BCUT2D eigenvalue weighted by atomic mass is 10.2. The van der Waals surface area contributed by atoms with E-state index in [2.05, 4.69) is 10.3 Å². The first-order chi connectivity index (χ1) is 14.3. The van der Waals surface area contributed by atoms with E-state index in [9.17, 15) is 18.0 Å². The van der Waals surface area contributed by atoms with Crippen LogP contribution < -0.4 is 5.32 Å². The van der Waals surface area contributed by atoms with Gasteiger partial charge in [0.2, 0.25) is 15.9 Å². The Morgan fingerprint density at radius 3 is 2.53 bits per heavy atom. The fraction of sp³-hybridized carbons (Fsp3) is 0.190. The summed E-state index contributed by atoms with van der Waals surface area (Å²) in [5.74, 6) is -0.960. The third-order valence-corrected chi connectivity index (χ3v) is 6.24. The van der Waals surface area contributed by atoms with Crippen molar-refractivity contribution in [3.63, 3.8) is 0 Å². The predicted molar refractivity (Wildman–Crippen MR) is 113 cm³/mol. The maximum absolute atomic E-state index is 13.0. The zero-order chi connectivity index (χ0) is 21.7. The van der Waals surface area contributed by atoms with E-state index in [-0.39, 0.29) is 18.0 Å². The highest BCUT2D eigenvalue weighted by molar-refractivity contribution is 7.89. The van der Waals surface area contributed by atoms with Crippen LogP contribution in [-0.4, -0.2) is 49.8 Å². The van der Waals surface area contributed by atoms with E-state index >= 15 is 0 Å². The molecule has 1 heterocycles. The normalized spacial score (nSPS) is 11.4. The molecule has 8 nitrogen and oxygen atoms in total. The molecule has 0 saturated carbocycles. The standard InChI is InChI=1S/C21H21N3O5S/c1-3-29-21(26)15-7-9-17(10-8-15)23-20(25)14-24(2)30(27,28)19-6-4-5-16-13-22-12-11-18(16)19/h4-13H,3,14H2,1-2H3,(H,23,25). The van der Waals surface area contributed by atoms with Crippen molar-refractivity contribution in [2.45, 2.75) is 11.8 Å². The number of carbonyl (C=O) groups is 2. The van der Waals surface area contributed by atoms with Crippen molar-refractivity contribution in [2.24, 2.45) is 0 Å². The Morgan fingerprint density at radius 2 is 1.83 bits per heavy atom. The molecule has 156 valence electrons. The highest BCUT2D eigenvalue weighted by Gasteiger charge is 2.25. The van der Waals surface area contributed by atoms with Crippen LogP contribution in [-0.2, 0) is 19.6 Å². The number of fused-ring (bicyclic) bond motifs is 1. The molecule has 0 saturated heterocycles. The second-order valence-electron chi connectivity index (χ2n) is 6.46. The Bertz CT molecular complexity index is 1170. The van der Waals surface area contributed by atoms with E-state index < -0.39 is 21.9 Å². The minimum absolute atomic E-state index is 0.108. The van der Waals surface area contributed by atoms with Gasteiger partial charge in [-0.15, -0.1) is 0 Å². The van der Waals surface area contributed by atoms with Crippen LogP contribution in [0.1, 0.15) is 17.3 Å². The molecule has 0 atom stereocenters. The second-order valence-corrected chi connectivity index (χ2v) is 8.47. The molecule has 0 fully saturated rings. The van der Waals surface area contributed by atoms with Crippen LogP contribution in [0, 0.1) is 0 Å². The number of pyridine rings is 1. The molecule has 1 amide bonds. The van der Waals surface area contributed by atoms with Gasteiger partial charge in [-0.2, -0.15) is 4.31 Å². The smallest absolute Gasteiger partial charge is 0.338 e. The van der Waals surface area contributed by atoms with Gasteiger partial charge >= 0.3 is 5.97 Å². The summed E-state index contributed by atoms with van der Waals surface area (Å²) in [6, 6.07) is 12.7. The zero-order valence-electron chi connectivity index (χ0n) is 16.5. The van der Waals surface area contributed by atoms with Crippen LogP contribution in [0.4, 0.5) is 5.69 Å². The number of anilines is 1. The largest absolute Gasteiger partial charge is 0.462 e. The van der Waals surface area contributed by atoms with Crippen LogP contribution in [0.3, 0.4) is 0 Å². The van der Waals surface area contributed by atoms with Gasteiger partial charge < -0.3 is 10.1 Å². The van der Waals surface area contributed by atoms with Crippen LogP contribution in [0.25, 0.3) is 10.8 Å². The molecule has 9 heteroatoms. The summed E-state index contributed by atoms with van der Waals surface area (Å²) in [5.41, 5.74) is 0.801. The molecule has 0 unspecified atom stereocenters. The number of carbonyl (C=O) groups excluding carboxylic acids is 2. The SMILES string of the molecule is CCOC(=O)c1ccc(NC(=O)CN(C)S(=O)(=O)c2cccc3cnccc23)cc1. The number of amides is 1. The first-order valence-corrected chi connectivity index (χ1v) is 10.6. The topological polar surface area (TPSA) is 106 Å². The lowest BCUT2D eigenvalue weighted by Gasteiger charge is -2.18. The van der Waals surface area contributed by atoms with E-state index in [1.165, 1.54) is 31.4 Å². The summed E-state index contributed by atoms with van der Waals surface area (Å²) in [4.78, 5) is 28.2. The number of hydrogen-bond donors (Lipinski definition) is 1. The number of likely N-dealkylation sites (N-methyl/N-ethyl adjacent to an activating group) is 1. The highest BCUT2D eigenvalue weighted by atomic mass is 32.2. The number of hydrogen-bond acceptors (Lipinski definition) is 6. The molecule has 3 rings (SSSR count). The third-order valence-electron chi connectivity index (χ3n) is 4.38. The first kappa shape index (κ1) is 21.4. The summed E-state index contributed by atoms with van der Waals surface area (Å²) in [7, 11) is -2.55. The Hall–Kier alpha value is -3.30. The van der Waals surface area contributed by atoms with Crippen LogP contribution in [0.2, 0.25) is 0 Å². The predicted octanol–water partition coefficient (Wildman–Crippen LogP) is 2.67. The molecule has 0 spiro atoms. The molecular formula is C21H21N3O5S. The molecule has 0 aliphatic carbocycles. The lowest BCUT2D eigenvalue weighted by molar-refractivity contribution is -0.116. The molecule has 0 bridgehead atoms. The molecule has 30 heavy (non-hydrogen) atoms. The summed E-state index contributed by atoms with van der Waals surface area (Å²) in [6.45, 7) is 1.61. The number of aromatic nitrogens is 1. The summed E-state index contributed by atoms with van der Waals surface area (Å²) >= 11 is 0. The maximum atomic E-state index is 13.0. The van der Waals surface area contributed by atoms with Gasteiger partial charge in [0, 0.05) is 35.9 Å². The second kappa shape index (κ2) is 9.02. The summed E-state index contributed by atoms with van der Waals surface area (Å²) in [6.07, 6.45) is 3.11. The third kappa shape index (κ3) is 4.64. The number of benzene rings is 2. The molecule has 3 aromatic rings. The Balaban J connectivity index is 1.71. The van der Waals surface area contributed by atoms with Crippen molar-refractivity contribution in [3.05, 3.63) is 66.5 Å². The number of nitrogens with zero attached hydrogens (tertiary/aromatic N) is 2. The van der Waals surface area contributed by atoms with Gasteiger partial charge in [-0.25, -0.2) is 13.2 Å². The minimum Gasteiger partial charge on any atom is -0.462 e. The number of esters is 1. The average Bonchev–Trinajstić information content (AvgIpc) is 2.73. The van der Waals surface area contributed by atoms with Crippen LogP contribution >= 0.6 is 0 Å². The zero-order valence-corrected chi connectivity index (χ0v) is 17.3. The van der Waals surface area contributed by atoms with Crippen LogP contribution in [0.15, 0.2) is 65.8 Å². The lowest BCUT2D eigenvalue weighted by Crippen LogP contribution is -2.35. The molecular weight excluding hydrogens is 406 g/mol. The number of sulfonamides is 1. The van der Waals surface area contributed by atoms with E-state index in [4.69, 9.17) is 4.74 Å². The van der Waals surface area contributed by atoms with Gasteiger partial charge in [0.1, 0.15) is 0 Å². The molecule has 0 radical (unpaired) electrons. The quantitative estimate of drug-likeness (QED) is 0.581.